The van der Waals surface area contributed by atoms with Crippen LogP contribution < -0.4 is 9.47 Å². The third-order valence-electron chi connectivity index (χ3n) is 4.44. The molecule has 3 aromatic carbocycles. The zero-order valence-electron chi connectivity index (χ0n) is 15.6. The summed E-state index contributed by atoms with van der Waals surface area (Å²) in [4.78, 5) is 24.6. The van der Waals surface area contributed by atoms with E-state index in [1.807, 2.05) is 54.6 Å². The Labute approximate surface area is 168 Å². The van der Waals surface area contributed by atoms with Gasteiger partial charge in [0.2, 0.25) is 5.78 Å². The lowest BCUT2D eigenvalue weighted by molar-refractivity contribution is 0.0921. The minimum atomic E-state index is -0.176. The normalized spacial score (nSPS) is 14.1. The second-order valence-corrected chi connectivity index (χ2v) is 6.47. The van der Waals surface area contributed by atoms with E-state index < -0.39 is 0 Å². The van der Waals surface area contributed by atoms with Gasteiger partial charge in [0, 0.05) is 11.6 Å². The lowest BCUT2D eigenvalue weighted by Crippen LogP contribution is -2.11. The monoisotopic (exact) mass is 382 g/mol. The Hall–Kier alpha value is -3.92. The van der Waals surface area contributed by atoms with Crippen molar-refractivity contribution in [2.45, 2.75) is 0 Å². The van der Waals surface area contributed by atoms with Crippen LogP contribution in [-0.4, -0.2) is 18.2 Å². The van der Waals surface area contributed by atoms with Gasteiger partial charge in [0.1, 0.15) is 11.5 Å². The Morgan fingerprint density at radius 1 is 0.931 bits per heavy atom. The Morgan fingerprint density at radius 3 is 2.41 bits per heavy atom. The van der Waals surface area contributed by atoms with E-state index in [-0.39, 0.29) is 23.9 Å². The Kier molecular flexibility index (Phi) is 5.34. The van der Waals surface area contributed by atoms with Crippen molar-refractivity contribution in [3.05, 3.63) is 113 Å². The van der Waals surface area contributed by atoms with Gasteiger partial charge < -0.3 is 9.47 Å². The molecule has 0 radical (unpaired) electrons. The Balaban J connectivity index is 1.42. The van der Waals surface area contributed by atoms with Crippen molar-refractivity contribution >= 4 is 17.6 Å². The molecule has 29 heavy (non-hydrogen) atoms. The van der Waals surface area contributed by atoms with Crippen LogP contribution in [-0.2, 0) is 0 Å². The number of carbonyl (C=O) groups is 2. The Morgan fingerprint density at radius 2 is 1.66 bits per heavy atom. The number of ketones is 2. The second kappa shape index (κ2) is 8.40. The topological polar surface area (TPSA) is 52.6 Å². The highest BCUT2D eigenvalue weighted by Gasteiger charge is 2.27. The number of Topliss-reactive ketones (excluding diaryl/α,β-unsaturated/α-hetero) is 2. The van der Waals surface area contributed by atoms with Gasteiger partial charge in [0.05, 0.1) is 5.56 Å². The first kappa shape index (κ1) is 18.4. The minimum Gasteiger partial charge on any atom is -0.485 e. The van der Waals surface area contributed by atoms with Gasteiger partial charge >= 0.3 is 0 Å². The largest absolute Gasteiger partial charge is 0.485 e. The molecule has 0 saturated heterocycles. The number of benzene rings is 3. The number of hydrogen-bond acceptors (Lipinski definition) is 4. The first-order valence-electron chi connectivity index (χ1n) is 9.22. The molecular weight excluding hydrogens is 364 g/mol. The molecule has 4 nitrogen and oxygen atoms in total. The highest BCUT2D eigenvalue weighted by atomic mass is 16.5. The van der Waals surface area contributed by atoms with Crippen molar-refractivity contribution in [2.24, 2.45) is 0 Å². The third kappa shape index (κ3) is 4.33. The highest BCUT2D eigenvalue weighted by Crippen LogP contribution is 2.34. The zero-order valence-corrected chi connectivity index (χ0v) is 15.6. The molecule has 1 heterocycles. The molecule has 0 bridgehead atoms. The van der Waals surface area contributed by atoms with Crippen molar-refractivity contribution in [3.63, 3.8) is 0 Å². The van der Waals surface area contributed by atoms with Crippen LogP contribution in [0.15, 0.2) is 96.8 Å². The fourth-order valence-corrected chi connectivity index (χ4v) is 2.94. The predicted octanol–water partition coefficient (Wildman–Crippen LogP) is 5.12. The molecule has 1 aliphatic heterocycles. The maximum absolute atomic E-state index is 12.5. The highest BCUT2D eigenvalue weighted by molar-refractivity contribution is 6.12. The summed E-state index contributed by atoms with van der Waals surface area (Å²) in [5, 5.41) is 0. The molecule has 0 atom stereocenters. The number of rotatable bonds is 6. The fraction of sp³-hybridized carbons (Fsp3) is 0.0400. The van der Waals surface area contributed by atoms with E-state index in [0.717, 1.165) is 5.56 Å². The molecule has 0 fully saturated rings. The Bertz CT molecular complexity index is 1100. The molecule has 0 aliphatic carbocycles. The second-order valence-electron chi connectivity index (χ2n) is 6.47. The van der Waals surface area contributed by atoms with Crippen molar-refractivity contribution in [2.75, 3.05) is 6.61 Å². The lowest BCUT2D eigenvalue weighted by atomic mass is 10.1. The van der Waals surface area contributed by atoms with Crippen LogP contribution >= 0.6 is 0 Å². The molecule has 0 aromatic heterocycles. The van der Waals surface area contributed by atoms with E-state index in [0.29, 0.717) is 22.6 Å². The van der Waals surface area contributed by atoms with Gasteiger partial charge in [-0.3, -0.25) is 9.59 Å². The standard InChI is InChI=1S/C25H18O4/c26-22(19-11-5-2-6-12-19)17-28-20-14-15-21-24(16-20)29-23(25(21)27)13-7-10-18-8-3-1-4-9-18/h1-16H,17H2/b10-7+,23-13+. The van der Waals surface area contributed by atoms with E-state index in [2.05, 4.69) is 0 Å². The van der Waals surface area contributed by atoms with Gasteiger partial charge in [0.25, 0.3) is 0 Å². The molecule has 0 amide bonds. The first-order chi connectivity index (χ1) is 14.2. The van der Waals surface area contributed by atoms with Gasteiger partial charge in [0.15, 0.2) is 18.1 Å². The van der Waals surface area contributed by atoms with Gasteiger partial charge in [-0.05, 0) is 23.8 Å². The van der Waals surface area contributed by atoms with E-state index in [1.165, 1.54) is 0 Å². The predicted molar refractivity (Wildman–Crippen MR) is 111 cm³/mol. The third-order valence-corrected chi connectivity index (χ3v) is 4.44. The number of allylic oxidation sites excluding steroid dienone is 3. The molecule has 4 rings (SSSR count). The van der Waals surface area contributed by atoms with E-state index in [1.54, 1.807) is 42.5 Å². The summed E-state index contributed by atoms with van der Waals surface area (Å²) in [5.41, 5.74) is 2.10. The van der Waals surface area contributed by atoms with Crippen LogP contribution in [0.5, 0.6) is 11.5 Å². The SMILES string of the molecule is O=C(COc1ccc2c(c1)O/C(=C/C=C/c1ccccc1)C2=O)c1ccccc1. The van der Waals surface area contributed by atoms with Crippen LogP contribution in [0, 0.1) is 0 Å². The quantitative estimate of drug-likeness (QED) is 0.439. The zero-order chi connectivity index (χ0) is 20.1. The molecule has 4 heteroatoms. The summed E-state index contributed by atoms with van der Waals surface area (Å²) < 4.78 is 11.3. The summed E-state index contributed by atoms with van der Waals surface area (Å²) in [6.45, 7) is -0.0841. The maximum atomic E-state index is 12.5. The van der Waals surface area contributed by atoms with Gasteiger partial charge in [-0.1, -0.05) is 72.8 Å². The number of carbonyl (C=O) groups excluding carboxylic acids is 2. The summed E-state index contributed by atoms with van der Waals surface area (Å²) in [6.07, 6.45) is 5.33. The van der Waals surface area contributed by atoms with Crippen LogP contribution in [0.1, 0.15) is 26.3 Å². The summed E-state index contributed by atoms with van der Waals surface area (Å²) in [6, 6.07) is 23.7. The van der Waals surface area contributed by atoms with E-state index in [4.69, 9.17) is 9.47 Å². The molecule has 0 N–H and O–H groups in total. The van der Waals surface area contributed by atoms with Crippen molar-refractivity contribution in [1.29, 1.82) is 0 Å². The maximum Gasteiger partial charge on any atom is 0.231 e. The van der Waals surface area contributed by atoms with E-state index >= 15 is 0 Å². The molecule has 0 spiro atoms. The first-order valence-corrected chi connectivity index (χ1v) is 9.22. The number of hydrogen-bond donors (Lipinski definition) is 0. The molecule has 0 saturated carbocycles. The van der Waals surface area contributed by atoms with Crippen LogP contribution in [0.4, 0.5) is 0 Å². The van der Waals surface area contributed by atoms with Gasteiger partial charge in [-0.2, -0.15) is 0 Å². The van der Waals surface area contributed by atoms with Crippen LogP contribution in [0.2, 0.25) is 0 Å². The fourth-order valence-electron chi connectivity index (χ4n) is 2.94. The lowest BCUT2D eigenvalue weighted by Gasteiger charge is -2.06. The van der Waals surface area contributed by atoms with E-state index in [9.17, 15) is 9.59 Å². The van der Waals surface area contributed by atoms with Crippen molar-refractivity contribution < 1.29 is 19.1 Å². The molecule has 1 aliphatic rings. The number of fused-ring (bicyclic) bond motifs is 1. The molecular formula is C25H18O4. The summed E-state index contributed by atoms with van der Waals surface area (Å²) in [5.74, 6) is 0.866. The summed E-state index contributed by atoms with van der Waals surface area (Å²) in [7, 11) is 0. The molecule has 142 valence electrons. The van der Waals surface area contributed by atoms with Gasteiger partial charge in [-0.15, -0.1) is 0 Å². The smallest absolute Gasteiger partial charge is 0.231 e. The average molecular weight is 382 g/mol. The van der Waals surface area contributed by atoms with Crippen LogP contribution in [0.3, 0.4) is 0 Å². The van der Waals surface area contributed by atoms with Crippen molar-refractivity contribution in [3.8, 4) is 11.5 Å². The summed E-state index contributed by atoms with van der Waals surface area (Å²) >= 11 is 0. The molecule has 3 aromatic rings. The van der Waals surface area contributed by atoms with Crippen molar-refractivity contribution in [1.82, 2.24) is 0 Å². The minimum absolute atomic E-state index is 0.0841. The number of ether oxygens (including phenoxy) is 2. The van der Waals surface area contributed by atoms with Crippen LogP contribution in [0.25, 0.3) is 6.08 Å². The molecule has 0 unspecified atom stereocenters. The van der Waals surface area contributed by atoms with Gasteiger partial charge in [-0.25, -0.2) is 0 Å². The average Bonchev–Trinajstić information content (AvgIpc) is 3.08.